The van der Waals surface area contributed by atoms with Crippen LogP contribution in [-0.2, 0) is 13.0 Å². The molecule has 0 aliphatic carbocycles. The van der Waals surface area contributed by atoms with Crippen LogP contribution in [0.1, 0.15) is 37.7 Å². The van der Waals surface area contributed by atoms with Crippen molar-refractivity contribution in [2.45, 2.75) is 46.7 Å². The first-order valence-corrected chi connectivity index (χ1v) is 7.40. The number of aromatic nitrogens is 2. The average Bonchev–Trinajstić information content (AvgIpc) is 2.48. The van der Waals surface area contributed by atoms with E-state index in [1.807, 2.05) is 25.1 Å². The van der Waals surface area contributed by atoms with Crippen LogP contribution in [0, 0.1) is 6.92 Å². The molecule has 2 heterocycles. The Morgan fingerprint density at radius 2 is 2.00 bits per heavy atom. The van der Waals surface area contributed by atoms with Crippen LogP contribution in [0.3, 0.4) is 0 Å². The molecule has 2 rings (SSSR count). The third-order valence-electron chi connectivity index (χ3n) is 3.20. The van der Waals surface area contributed by atoms with Crippen molar-refractivity contribution >= 4 is 0 Å². The summed E-state index contributed by atoms with van der Waals surface area (Å²) >= 11 is 0. The fourth-order valence-electron chi connectivity index (χ4n) is 2.02. The van der Waals surface area contributed by atoms with Gasteiger partial charge in [-0.2, -0.15) is 0 Å². The van der Waals surface area contributed by atoms with Gasteiger partial charge in [0.1, 0.15) is 11.5 Å². The quantitative estimate of drug-likeness (QED) is 0.880. The van der Waals surface area contributed by atoms with Crippen molar-refractivity contribution in [3.05, 3.63) is 47.5 Å². The van der Waals surface area contributed by atoms with E-state index in [0.29, 0.717) is 6.04 Å². The maximum Gasteiger partial charge on any atom is 0.150 e. The predicted molar refractivity (Wildman–Crippen MR) is 84.6 cm³/mol. The SMILES string of the molecule is CCc1nc(C)ccc1Oc1cnccc1CNC(C)C. The van der Waals surface area contributed by atoms with E-state index >= 15 is 0 Å². The smallest absolute Gasteiger partial charge is 0.150 e. The molecule has 0 aliphatic heterocycles. The Balaban J connectivity index is 2.23. The molecule has 4 nitrogen and oxygen atoms in total. The fourth-order valence-corrected chi connectivity index (χ4v) is 2.02. The van der Waals surface area contributed by atoms with Crippen LogP contribution in [0.15, 0.2) is 30.6 Å². The van der Waals surface area contributed by atoms with Gasteiger partial charge in [0.25, 0.3) is 0 Å². The molecule has 21 heavy (non-hydrogen) atoms. The summed E-state index contributed by atoms with van der Waals surface area (Å²) in [6.07, 6.45) is 4.39. The zero-order chi connectivity index (χ0) is 15.2. The van der Waals surface area contributed by atoms with Gasteiger partial charge >= 0.3 is 0 Å². The number of nitrogens with one attached hydrogen (secondary N) is 1. The molecule has 0 aromatic carbocycles. The largest absolute Gasteiger partial charge is 0.453 e. The lowest BCUT2D eigenvalue weighted by atomic mass is 10.2. The van der Waals surface area contributed by atoms with Crippen molar-refractivity contribution in [1.82, 2.24) is 15.3 Å². The maximum atomic E-state index is 6.05. The summed E-state index contributed by atoms with van der Waals surface area (Å²) in [7, 11) is 0. The molecule has 0 atom stereocenters. The number of ether oxygens (including phenoxy) is 1. The van der Waals surface area contributed by atoms with Gasteiger partial charge in [-0.25, -0.2) is 0 Å². The first kappa shape index (κ1) is 15.4. The van der Waals surface area contributed by atoms with Gasteiger partial charge in [0, 0.05) is 30.0 Å². The van der Waals surface area contributed by atoms with E-state index in [9.17, 15) is 0 Å². The van der Waals surface area contributed by atoms with Gasteiger partial charge in [-0.05, 0) is 31.5 Å². The van der Waals surface area contributed by atoms with Gasteiger partial charge in [0.05, 0.1) is 11.9 Å². The third-order valence-corrected chi connectivity index (χ3v) is 3.20. The summed E-state index contributed by atoms with van der Waals surface area (Å²) in [5.74, 6) is 1.59. The molecule has 0 saturated heterocycles. The van der Waals surface area contributed by atoms with Crippen molar-refractivity contribution in [1.29, 1.82) is 0 Å². The van der Waals surface area contributed by atoms with Crippen LogP contribution in [0.4, 0.5) is 0 Å². The molecular weight excluding hydrogens is 262 g/mol. The summed E-state index contributed by atoms with van der Waals surface area (Å²) in [5.41, 5.74) is 3.08. The van der Waals surface area contributed by atoms with Crippen LogP contribution in [0.25, 0.3) is 0 Å². The molecule has 4 heteroatoms. The molecule has 0 saturated carbocycles. The van der Waals surface area contributed by atoms with Gasteiger partial charge in [0.2, 0.25) is 0 Å². The van der Waals surface area contributed by atoms with Crippen LogP contribution in [0.5, 0.6) is 11.5 Å². The van der Waals surface area contributed by atoms with E-state index < -0.39 is 0 Å². The number of hydrogen-bond acceptors (Lipinski definition) is 4. The molecule has 1 N–H and O–H groups in total. The Bertz CT molecular complexity index is 596. The van der Waals surface area contributed by atoms with Crippen molar-refractivity contribution < 1.29 is 4.74 Å². The van der Waals surface area contributed by atoms with Crippen LogP contribution in [0.2, 0.25) is 0 Å². The standard InChI is InChI=1S/C17H23N3O/c1-5-15-16(7-6-13(4)20-15)21-17-11-18-9-8-14(17)10-19-12(2)3/h6-9,11-12,19H,5,10H2,1-4H3. The summed E-state index contributed by atoms with van der Waals surface area (Å²) in [4.78, 5) is 8.70. The summed E-state index contributed by atoms with van der Waals surface area (Å²) in [6, 6.07) is 6.36. The number of nitrogens with zero attached hydrogens (tertiary/aromatic N) is 2. The minimum atomic E-state index is 0.429. The monoisotopic (exact) mass is 285 g/mol. The zero-order valence-corrected chi connectivity index (χ0v) is 13.2. The highest BCUT2D eigenvalue weighted by molar-refractivity contribution is 5.38. The first-order chi connectivity index (χ1) is 10.1. The molecule has 2 aromatic rings. The highest BCUT2D eigenvalue weighted by Crippen LogP contribution is 2.27. The van der Waals surface area contributed by atoms with Gasteiger partial charge < -0.3 is 10.1 Å². The third kappa shape index (κ3) is 4.26. The Labute approximate surface area is 126 Å². The molecule has 2 aromatic heterocycles. The van der Waals surface area contributed by atoms with Crippen LogP contribution >= 0.6 is 0 Å². The Morgan fingerprint density at radius 1 is 1.19 bits per heavy atom. The van der Waals surface area contributed by atoms with Gasteiger partial charge in [-0.1, -0.05) is 20.8 Å². The maximum absolute atomic E-state index is 6.05. The number of hydrogen-bond donors (Lipinski definition) is 1. The summed E-state index contributed by atoms with van der Waals surface area (Å²) in [5, 5.41) is 3.40. The number of aryl methyl sites for hydroxylation is 2. The molecule has 0 bridgehead atoms. The second kappa shape index (κ2) is 7.18. The highest BCUT2D eigenvalue weighted by Gasteiger charge is 2.09. The molecule has 0 aliphatic rings. The first-order valence-electron chi connectivity index (χ1n) is 7.40. The van der Waals surface area contributed by atoms with E-state index in [4.69, 9.17) is 4.74 Å². The van der Waals surface area contributed by atoms with Crippen molar-refractivity contribution in [3.8, 4) is 11.5 Å². The molecule has 0 amide bonds. The molecular formula is C17H23N3O. The highest BCUT2D eigenvalue weighted by atomic mass is 16.5. The van der Waals surface area contributed by atoms with Crippen molar-refractivity contribution in [3.63, 3.8) is 0 Å². The lowest BCUT2D eigenvalue weighted by Gasteiger charge is -2.14. The lowest BCUT2D eigenvalue weighted by Crippen LogP contribution is -2.22. The predicted octanol–water partition coefficient (Wildman–Crippen LogP) is 3.64. The summed E-state index contributed by atoms with van der Waals surface area (Å²) < 4.78 is 6.05. The molecule has 0 spiro atoms. The summed E-state index contributed by atoms with van der Waals surface area (Å²) in [6.45, 7) is 9.09. The number of rotatable bonds is 6. The van der Waals surface area contributed by atoms with E-state index in [1.54, 1.807) is 12.4 Å². The van der Waals surface area contributed by atoms with E-state index in [0.717, 1.165) is 41.4 Å². The normalized spacial score (nSPS) is 10.9. The second-order valence-electron chi connectivity index (χ2n) is 5.37. The minimum absolute atomic E-state index is 0.429. The van der Waals surface area contributed by atoms with Crippen molar-refractivity contribution in [2.75, 3.05) is 0 Å². The molecule has 112 valence electrons. The van der Waals surface area contributed by atoms with E-state index in [2.05, 4.69) is 36.1 Å². The lowest BCUT2D eigenvalue weighted by molar-refractivity contribution is 0.458. The van der Waals surface area contributed by atoms with Crippen LogP contribution < -0.4 is 10.1 Å². The van der Waals surface area contributed by atoms with E-state index in [1.165, 1.54) is 0 Å². The fraction of sp³-hybridized carbons (Fsp3) is 0.412. The average molecular weight is 285 g/mol. The number of pyridine rings is 2. The van der Waals surface area contributed by atoms with Crippen LogP contribution in [-0.4, -0.2) is 16.0 Å². The van der Waals surface area contributed by atoms with Gasteiger partial charge in [0.15, 0.2) is 0 Å². The Hall–Kier alpha value is -1.94. The van der Waals surface area contributed by atoms with Crippen molar-refractivity contribution in [2.24, 2.45) is 0 Å². The van der Waals surface area contributed by atoms with E-state index in [-0.39, 0.29) is 0 Å². The molecule has 0 fully saturated rings. The molecule has 0 radical (unpaired) electrons. The van der Waals surface area contributed by atoms with Gasteiger partial charge in [-0.3, -0.25) is 9.97 Å². The molecule has 0 unspecified atom stereocenters. The Kier molecular flexibility index (Phi) is 5.28. The van der Waals surface area contributed by atoms with Gasteiger partial charge in [-0.15, -0.1) is 0 Å². The zero-order valence-electron chi connectivity index (χ0n) is 13.2. The Morgan fingerprint density at radius 3 is 2.71 bits per heavy atom. The minimum Gasteiger partial charge on any atom is -0.453 e. The second-order valence-corrected chi connectivity index (χ2v) is 5.37. The topological polar surface area (TPSA) is 47.0 Å².